The van der Waals surface area contributed by atoms with Crippen molar-refractivity contribution in [1.29, 1.82) is 0 Å². The lowest BCUT2D eigenvalue weighted by molar-refractivity contribution is -0.128. The van der Waals surface area contributed by atoms with Crippen LogP contribution in [0.4, 0.5) is 0 Å². The van der Waals surface area contributed by atoms with E-state index < -0.39 is 11.8 Å². The van der Waals surface area contributed by atoms with E-state index in [4.69, 9.17) is 16.3 Å². The second kappa shape index (κ2) is 9.39. The van der Waals surface area contributed by atoms with Crippen molar-refractivity contribution in [3.63, 3.8) is 0 Å². The molecule has 0 aliphatic carbocycles. The molecule has 3 aromatic rings. The first-order valence-electron chi connectivity index (χ1n) is 8.35. The zero-order valence-electron chi connectivity index (χ0n) is 14.6. The summed E-state index contributed by atoms with van der Waals surface area (Å²) in [5.74, 6) is -0.587. The summed E-state index contributed by atoms with van der Waals surface area (Å²) in [6.07, 6.45) is 3.05. The number of hydrogen-bond acceptors (Lipinski definition) is 3. The molecule has 0 bridgehead atoms. The molecule has 0 saturated heterocycles. The summed E-state index contributed by atoms with van der Waals surface area (Å²) in [4.78, 5) is 23.8. The van der Waals surface area contributed by atoms with Gasteiger partial charge in [0.05, 0.1) is 5.02 Å². The molecular formula is C21H16BrClN2O3. The van der Waals surface area contributed by atoms with Gasteiger partial charge in [-0.1, -0.05) is 70.0 Å². The number of halogens is 2. The monoisotopic (exact) mass is 458 g/mol. The van der Waals surface area contributed by atoms with Crippen molar-refractivity contribution in [3.8, 4) is 5.75 Å². The number of hydrogen-bond donors (Lipinski definition) is 2. The van der Waals surface area contributed by atoms with Gasteiger partial charge >= 0.3 is 0 Å². The summed E-state index contributed by atoms with van der Waals surface area (Å²) in [7, 11) is 0. The molecule has 0 aromatic heterocycles. The number of carbonyl (C=O) groups is 2. The number of carbonyl (C=O) groups excluding carboxylic acids is 2. The Balaban J connectivity index is 1.51. The molecule has 0 aliphatic heterocycles. The van der Waals surface area contributed by atoms with E-state index in [0.717, 1.165) is 20.8 Å². The number of amides is 2. The second-order valence-corrected chi connectivity index (χ2v) is 7.13. The Kier molecular flexibility index (Phi) is 6.68. The van der Waals surface area contributed by atoms with Crippen LogP contribution in [-0.4, -0.2) is 18.4 Å². The molecule has 7 heteroatoms. The van der Waals surface area contributed by atoms with Gasteiger partial charge in [-0.25, -0.2) is 0 Å². The maximum atomic E-state index is 11.9. The lowest BCUT2D eigenvalue weighted by atomic mass is 10.0. The van der Waals surface area contributed by atoms with Gasteiger partial charge in [-0.2, -0.15) is 0 Å². The number of fused-ring (bicyclic) bond motifs is 1. The van der Waals surface area contributed by atoms with Gasteiger partial charge < -0.3 is 4.74 Å². The topological polar surface area (TPSA) is 67.4 Å². The third-order valence-electron chi connectivity index (χ3n) is 3.82. The first-order chi connectivity index (χ1) is 13.5. The van der Waals surface area contributed by atoms with E-state index in [9.17, 15) is 9.59 Å². The normalized spacial score (nSPS) is 10.8. The van der Waals surface area contributed by atoms with E-state index in [2.05, 4.69) is 26.8 Å². The highest BCUT2D eigenvalue weighted by molar-refractivity contribution is 9.10. The zero-order chi connectivity index (χ0) is 19.9. The smallest absolute Gasteiger partial charge is 0.276 e. The van der Waals surface area contributed by atoms with Crippen molar-refractivity contribution in [2.24, 2.45) is 0 Å². The van der Waals surface area contributed by atoms with Crippen molar-refractivity contribution in [1.82, 2.24) is 10.9 Å². The standard InChI is InChI=1S/C21H16BrClN2O3/c22-16-9-10-19(18(23)12-16)28-13-21(27)25-24-20(26)11-8-15-6-3-5-14-4-1-2-7-17(14)15/h1-12H,13H2,(H,24,26)(H,25,27). The van der Waals surface area contributed by atoms with Crippen molar-refractivity contribution in [2.45, 2.75) is 0 Å². The predicted molar refractivity (Wildman–Crippen MR) is 114 cm³/mol. The average molecular weight is 460 g/mol. The maximum absolute atomic E-state index is 11.9. The molecule has 0 heterocycles. The molecule has 2 amide bonds. The number of hydrazine groups is 1. The number of rotatable bonds is 5. The van der Waals surface area contributed by atoms with Crippen LogP contribution in [0.15, 0.2) is 71.2 Å². The molecule has 142 valence electrons. The highest BCUT2D eigenvalue weighted by Crippen LogP contribution is 2.27. The molecule has 5 nitrogen and oxygen atoms in total. The molecule has 0 spiro atoms. The minimum atomic E-state index is -0.508. The summed E-state index contributed by atoms with van der Waals surface area (Å²) in [5.41, 5.74) is 5.51. The molecule has 0 atom stereocenters. The lowest BCUT2D eigenvalue weighted by Crippen LogP contribution is -2.43. The van der Waals surface area contributed by atoms with Crippen molar-refractivity contribution >= 4 is 56.2 Å². The van der Waals surface area contributed by atoms with Crippen molar-refractivity contribution in [3.05, 3.63) is 81.8 Å². The van der Waals surface area contributed by atoms with Gasteiger partial charge in [0.25, 0.3) is 11.8 Å². The minimum Gasteiger partial charge on any atom is -0.482 e. The van der Waals surface area contributed by atoms with Crippen LogP contribution < -0.4 is 15.6 Å². The molecule has 0 unspecified atom stereocenters. The molecule has 28 heavy (non-hydrogen) atoms. The third-order valence-corrected chi connectivity index (χ3v) is 4.60. The third kappa shape index (κ3) is 5.34. The van der Waals surface area contributed by atoms with E-state index in [0.29, 0.717) is 10.8 Å². The first-order valence-corrected chi connectivity index (χ1v) is 9.52. The second-order valence-electron chi connectivity index (χ2n) is 5.80. The molecule has 0 aliphatic rings. The van der Waals surface area contributed by atoms with Crippen LogP contribution in [0, 0.1) is 0 Å². The number of benzene rings is 3. The summed E-state index contributed by atoms with van der Waals surface area (Å²) in [6.45, 7) is -0.283. The fourth-order valence-electron chi connectivity index (χ4n) is 2.51. The maximum Gasteiger partial charge on any atom is 0.276 e. The van der Waals surface area contributed by atoms with Crippen LogP contribution in [0.5, 0.6) is 5.75 Å². The van der Waals surface area contributed by atoms with E-state index in [1.807, 2.05) is 42.5 Å². The molecule has 0 fully saturated rings. The quantitative estimate of drug-likeness (QED) is 0.436. The Morgan fingerprint density at radius 2 is 1.82 bits per heavy atom. The van der Waals surface area contributed by atoms with Crippen molar-refractivity contribution in [2.75, 3.05) is 6.61 Å². The van der Waals surface area contributed by atoms with Gasteiger partial charge in [0.15, 0.2) is 6.61 Å². The van der Waals surface area contributed by atoms with Gasteiger partial charge in [-0.3, -0.25) is 20.4 Å². The largest absolute Gasteiger partial charge is 0.482 e. The van der Waals surface area contributed by atoms with Gasteiger partial charge in [-0.05, 0) is 40.6 Å². The molecule has 0 radical (unpaired) electrons. The SMILES string of the molecule is O=C(C=Cc1cccc2ccccc12)NNC(=O)COc1ccc(Br)cc1Cl. The summed E-state index contributed by atoms with van der Waals surface area (Å²) < 4.78 is 6.13. The van der Waals surface area contributed by atoms with E-state index in [1.54, 1.807) is 24.3 Å². The Hall–Kier alpha value is -2.83. The van der Waals surface area contributed by atoms with E-state index in [-0.39, 0.29) is 6.61 Å². The van der Waals surface area contributed by atoms with Crippen LogP contribution in [0.25, 0.3) is 16.8 Å². The fourth-order valence-corrected chi connectivity index (χ4v) is 3.23. The van der Waals surface area contributed by atoms with Crippen LogP contribution in [0.2, 0.25) is 5.02 Å². The Morgan fingerprint density at radius 3 is 2.64 bits per heavy atom. The molecular weight excluding hydrogens is 444 g/mol. The Morgan fingerprint density at radius 1 is 1.04 bits per heavy atom. The van der Waals surface area contributed by atoms with E-state index >= 15 is 0 Å². The van der Waals surface area contributed by atoms with Gasteiger partial charge in [-0.15, -0.1) is 0 Å². The van der Waals surface area contributed by atoms with Crippen LogP contribution >= 0.6 is 27.5 Å². The molecule has 0 saturated carbocycles. The number of ether oxygens (including phenoxy) is 1. The highest BCUT2D eigenvalue weighted by atomic mass is 79.9. The number of nitrogens with one attached hydrogen (secondary N) is 2. The Bertz CT molecular complexity index is 1050. The summed E-state index contributed by atoms with van der Waals surface area (Å²) >= 11 is 9.30. The summed E-state index contributed by atoms with van der Waals surface area (Å²) in [5, 5.41) is 2.50. The van der Waals surface area contributed by atoms with Gasteiger partial charge in [0, 0.05) is 10.5 Å². The lowest BCUT2D eigenvalue weighted by Gasteiger charge is -2.09. The highest BCUT2D eigenvalue weighted by Gasteiger charge is 2.07. The van der Waals surface area contributed by atoms with Crippen molar-refractivity contribution < 1.29 is 14.3 Å². The van der Waals surface area contributed by atoms with Gasteiger partial charge in [0.2, 0.25) is 0 Å². The fraction of sp³-hybridized carbons (Fsp3) is 0.0476. The van der Waals surface area contributed by atoms with Crippen LogP contribution in [-0.2, 0) is 9.59 Å². The first kappa shape index (κ1) is 19.9. The summed E-state index contributed by atoms with van der Waals surface area (Å²) in [6, 6.07) is 18.8. The zero-order valence-corrected chi connectivity index (χ0v) is 17.0. The van der Waals surface area contributed by atoms with E-state index in [1.165, 1.54) is 6.08 Å². The average Bonchev–Trinajstić information content (AvgIpc) is 2.70. The molecule has 2 N–H and O–H groups in total. The van der Waals surface area contributed by atoms with Gasteiger partial charge in [0.1, 0.15) is 5.75 Å². The predicted octanol–water partition coefficient (Wildman–Crippen LogP) is 4.50. The van der Waals surface area contributed by atoms with Crippen LogP contribution in [0.1, 0.15) is 5.56 Å². The molecule has 3 rings (SSSR count). The molecule has 3 aromatic carbocycles. The minimum absolute atomic E-state index is 0.283. The Labute approximate surface area is 175 Å². The van der Waals surface area contributed by atoms with Crippen LogP contribution in [0.3, 0.4) is 0 Å².